The number of hydrogen-bond donors (Lipinski definition) is 2. The number of aromatic nitrogens is 1. The number of rotatable bonds is 5. The highest BCUT2D eigenvalue weighted by Gasteiger charge is 2.29. The number of aliphatic imine (C=N–C) groups is 1. The van der Waals surface area contributed by atoms with E-state index < -0.39 is 11.7 Å². The summed E-state index contributed by atoms with van der Waals surface area (Å²) in [5, 5.41) is 7.27. The Labute approximate surface area is 149 Å². The first-order chi connectivity index (χ1) is 11.8. The fourth-order valence-corrected chi connectivity index (χ4v) is 2.96. The summed E-state index contributed by atoms with van der Waals surface area (Å²) in [7, 11) is 0. The molecule has 1 aromatic carbocycles. The van der Waals surface area contributed by atoms with Gasteiger partial charge in [-0.2, -0.15) is 13.2 Å². The van der Waals surface area contributed by atoms with Crippen LogP contribution in [-0.4, -0.2) is 17.5 Å². The van der Waals surface area contributed by atoms with E-state index in [4.69, 9.17) is 0 Å². The SMILES string of the molecule is CCNC(=NCc1ccc(C(F)(F)F)cc1)NCc1nc(C)c(C)s1. The van der Waals surface area contributed by atoms with Gasteiger partial charge < -0.3 is 10.6 Å². The molecule has 25 heavy (non-hydrogen) atoms. The molecule has 0 saturated carbocycles. The molecule has 0 bridgehead atoms. The van der Waals surface area contributed by atoms with Crippen LogP contribution in [0.2, 0.25) is 0 Å². The molecule has 4 nitrogen and oxygen atoms in total. The van der Waals surface area contributed by atoms with Gasteiger partial charge in [0, 0.05) is 11.4 Å². The van der Waals surface area contributed by atoms with E-state index in [0.717, 1.165) is 22.8 Å². The Morgan fingerprint density at radius 1 is 1.16 bits per heavy atom. The Morgan fingerprint density at radius 3 is 2.36 bits per heavy atom. The zero-order valence-electron chi connectivity index (χ0n) is 14.4. The van der Waals surface area contributed by atoms with Crippen molar-refractivity contribution >= 4 is 17.3 Å². The number of benzene rings is 1. The van der Waals surface area contributed by atoms with Crippen LogP contribution < -0.4 is 10.6 Å². The zero-order chi connectivity index (χ0) is 18.4. The fraction of sp³-hybridized carbons (Fsp3) is 0.412. The number of halogens is 3. The lowest BCUT2D eigenvalue weighted by Crippen LogP contribution is -2.36. The molecule has 0 aliphatic carbocycles. The number of guanidine groups is 1. The molecular formula is C17H21F3N4S. The third-order valence-corrected chi connectivity index (χ3v) is 4.60. The maximum absolute atomic E-state index is 12.6. The second-order valence-corrected chi connectivity index (χ2v) is 6.78. The molecule has 2 N–H and O–H groups in total. The van der Waals surface area contributed by atoms with E-state index in [0.29, 0.717) is 31.2 Å². The van der Waals surface area contributed by atoms with Crippen molar-refractivity contribution in [2.75, 3.05) is 6.54 Å². The summed E-state index contributed by atoms with van der Waals surface area (Å²) in [5.41, 5.74) is 1.08. The number of nitrogens with one attached hydrogen (secondary N) is 2. The second kappa shape index (κ2) is 8.33. The third-order valence-electron chi connectivity index (χ3n) is 3.53. The standard InChI is InChI=1S/C17H21F3N4S/c1-4-21-16(23-10-15-24-11(2)12(3)25-15)22-9-13-5-7-14(8-6-13)17(18,19)20/h5-8H,4,9-10H2,1-3H3,(H2,21,22,23). The van der Waals surface area contributed by atoms with E-state index in [1.807, 2.05) is 20.8 Å². The van der Waals surface area contributed by atoms with Crippen LogP contribution in [0.15, 0.2) is 29.3 Å². The van der Waals surface area contributed by atoms with Crippen molar-refractivity contribution in [2.45, 2.75) is 40.0 Å². The van der Waals surface area contributed by atoms with Gasteiger partial charge in [0.1, 0.15) is 5.01 Å². The third kappa shape index (κ3) is 5.74. The first kappa shape index (κ1) is 19.2. The summed E-state index contributed by atoms with van der Waals surface area (Å²) < 4.78 is 37.7. The second-order valence-electron chi connectivity index (χ2n) is 5.49. The van der Waals surface area contributed by atoms with Gasteiger partial charge in [-0.25, -0.2) is 9.98 Å². The molecule has 0 saturated heterocycles. The Morgan fingerprint density at radius 2 is 1.84 bits per heavy atom. The lowest BCUT2D eigenvalue weighted by atomic mass is 10.1. The predicted octanol–water partition coefficient (Wildman–Crippen LogP) is 4.03. The molecule has 136 valence electrons. The van der Waals surface area contributed by atoms with Crippen LogP contribution in [0.5, 0.6) is 0 Å². The van der Waals surface area contributed by atoms with Gasteiger partial charge in [-0.1, -0.05) is 12.1 Å². The molecular weight excluding hydrogens is 349 g/mol. The van der Waals surface area contributed by atoms with E-state index in [-0.39, 0.29) is 0 Å². The molecule has 8 heteroatoms. The highest BCUT2D eigenvalue weighted by atomic mass is 32.1. The maximum atomic E-state index is 12.6. The lowest BCUT2D eigenvalue weighted by molar-refractivity contribution is -0.137. The van der Waals surface area contributed by atoms with Crippen LogP contribution in [-0.2, 0) is 19.3 Å². The molecule has 0 atom stereocenters. The van der Waals surface area contributed by atoms with Crippen LogP contribution in [0.4, 0.5) is 13.2 Å². The number of thiazole rings is 1. The topological polar surface area (TPSA) is 49.3 Å². The smallest absolute Gasteiger partial charge is 0.357 e. The van der Waals surface area contributed by atoms with Crippen LogP contribution >= 0.6 is 11.3 Å². The minimum atomic E-state index is -4.32. The first-order valence-corrected chi connectivity index (χ1v) is 8.72. The average molecular weight is 370 g/mol. The van der Waals surface area contributed by atoms with Gasteiger partial charge in [-0.15, -0.1) is 11.3 Å². The average Bonchev–Trinajstić information content (AvgIpc) is 2.88. The Hall–Kier alpha value is -2.09. The van der Waals surface area contributed by atoms with E-state index in [2.05, 4.69) is 20.6 Å². The molecule has 1 heterocycles. The predicted molar refractivity (Wildman–Crippen MR) is 94.7 cm³/mol. The van der Waals surface area contributed by atoms with Gasteiger partial charge in [-0.05, 0) is 38.5 Å². The van der Waals surface area contributed by atoms with E-state index in [9.17, 15) is 13.2 Å². The van der Waals surface area contributed by atoms with Crippen molar-refractivity contribution in [2.24, 2.45) is 4.99 Å². The number of nitrogens with zero attached hydrogens (tertiary/aromatic N) is 2. The highest BCUT2D eigenvalue weighted by molar-refractivity contribution is 7.11. The molecule has 2 aromatic rings. The minimum absolute atomic E-state index is 0.295. The van der Waals surface area contributed by atoms with Crippen LogP contribution in [0.1, 0.15) is 33.6 Å². The largest absolute Gasteiger partial charge is 0.416 e. The van der Waals surface area contributed by atoms with Gasteiger partial charge in [0.15, 0.2) is 5.96 Å². The molecule has 1 aromatic heterocycles. The van der Waals surface area contributed by atoms with Gasteiger partial charge >= 0.3 is 6.18 Å². The molecule has 2 rings (SSSR count). The fourth-order valence-electron chi connectivity index (χ4n) is 2.09. The Kier molecular flexibility index (Phi) is 6.41. The molecule has 0 radical (unpaired) electrons. The normalized spacial score (nSPS) is 12.3. The monoisotopic (exact) mass is 370 g/mol. The molecule has 0 aliphatic rings. The summed E-state index contributed by atoms with van der Waals surface area (Å²) >= 11 is 1.63. The Balaban J connectivity index is 1.98. The summed E-state index contributed by atoms with van der Waals surface area (Å²) in [6, 6.07) is 5.05. The van der Waals surface area contributed by atoms with Gasteiger partial charge in [0.05, 0.1) is 24.3 Å². The van der Waals surface area contributed by atoms with E-state index in [1.54, 1.807) is 11.3 Å². The highest BCUT2D eigenvalue weighted by Crippen LogP contribution is 2.29. The van der Waals surface area contributed by atoms with Gasteiger partial charge in [-0.3, -0.25) is 0 Å². The Bertz CT molecular complexity index is 701. The zero-order valence-corrected chi connectivity index (χ0v) is 15.2. The van der Waals surface area contributed by atoms with Crippen molar-refractivity contribution in [3.63, 3.8) is 0 Å². The number of aryl methyl sites for hydroxylation is 2. The molecule has 0 spiro atoms. The van der Waals surface area contributed by atoms with Crippen molar-refractivity contribution in [3.05, 3.63) is 51.0 Å². The van der Waals surface area contributed by atoms with Crippen molar-refractivity contribution < 1.29 is 13.2 Å². The van der Waals surface area contributed by atoms with Crippen LogP contribution in [0, 0.1) is 13.8 Å². The van der Waals surface area contributed by atoms with Crippen LogP contribution in [0.25, 0.3) is 0 Å². The molecule has 0 amide bonds. The van der Waals surface area contributed by atoms with Crippen LogP contribution in [0.3, 0.4) is 0 Å². The van der Waals surface area contributed by atoms with E-state index in [1.165, 1.54) is 17.0 Å². The molecule has 0 fully saturated rings. The van der Waals surface area contributed by atoms with Gasteiger partial charge in [0.25, 0.3) is 0 Å². The van der Waals surface area contributed by atoms with Gasteiger partial charge in [0.2, 0.25) is 0 Å². The van der Waals surface area contributed by atoms with Crippen molar-refractivity contribution in [1.82, 2.24) is 15.6 Å². The summed E-state index contributed by atoms with van der Waals surface area (Å²) in [6.07, 6.45) is -4.32. The summed E-state index contributed by atoms with van der Waals surface area (Å²) in [6.45, 7) is 7.49. The number of hydrogen-bond acceptors (Lipinski definition) is 3. The van der Waals surface area contributed by atoms with Crippen molar-refractivity contribution in [1.29, 1.82) is 0 Å². The minimum Gasteiger partial charge on any atom is -0.357 e. The summed E-state index contributed by atoms with van der Waals surface area (Å²) in [4.78, 5) is 10.1. The number of alkyl halides is 3. The van der Waals surface area contributed by atoms with Crippen molar-refractivity contribution in [3.8, 4) is 0 Å². The lowest BCUT2D eigenvalue weighted by Gasteiger charge is -2.10. The first-order valence-electron chi connectivity index (χ1n) is 7.90. The molecule has 0 unspecified atom stereocenters. The maximum Gasteiger partial charge on any atom is 0.416 e. The molecule has 0 aliphatic heterocycles. The van der Waals surface area contributed by atoms with E-state index >= 15 is 0 Å². The summed E-state index contributed by atoms with van der Waals surface area (Å²) in [5.74, 6) is 0.605. The quantitative estimate of drug-likeness (QED) is 0.617.